The van der Waals surface area contributed by atoms with Gasteiger partial charge in [-0.1, -0.05) is 35.3 Å². The molecule has 0 bridgehead atoms. The van der Waals surface area contributed by atoms with Crippen LogP contribution in [0.1, 0.15) is 56.3 Å². The highest BCUT2D eigenvalue weighted by molar-refractivity contribution is 7.37. The van der Waals surface area contributed by atoms with Crippen LogP contribution in [0.2, 0.25) is 0 Å². The lowest BCUT2D eigenvalue weighted by atomic mass is 10.0. The van der Waals surface area contributed by atoms with E-state index in [9.17, 15) is 0 Å². The van der Waals surface area contributed by atoms with Gasteiger partial charge in [-0.25, -0.2) is 47.8 Å². The van der Waals surface area contributed by atoms with Crippen LogP contribution in [0.3, 0.4) is 0 Å². The van der Waals surface area contributed by atoms with Crippen LogP contribution >= 0.6 is 68.0 Å². The lowest BCUT2D eigenvalue weighted by molar-refractivity contribution is -0.663. The number of thiophene rings is 6. The van der Waals surface area contributed by atoms with E-state index in [0.717, 1.165) is 132 Å². The summed E-state index contributed by atoms with van der Waals surface area (Å²) in [7, 11) is 10.4. The molecule has 0 N–H and O–H groups in total. The number of furan rings is 4. The molecule has 0 aliphatic carbocycles. The molecule has 0 saturated carbocycles. The SMILES string of the molecule is Cc1ccc2c(n1)oc1c3ccc(C)c(-c4cccc[n+]4C)c3sc21.Cc1ccc2c(n1)oc1c3ccc(C)c(-c4ccnc[n+]4C)c3oc21.Cc1ccc2c(n1)sc1c3cc(C)c(-c4cccc[n+]4C)cc3sc21.Cc1ccc2c(n1)sc1c3ccc(C)c(-c4cccc[n+]4C)c3oc21.Cc1ccc2c(n1)sc1c3ccc(C)c(-c4cccc[n+]4C)c3sc21. The fourth-order valence-corrected chi connectivity index (χ4v) is 25.4. The number of hydrogen-bond donors (Lipinski definition) is 0. The molecule has 0 amide bonds. The minimum absolute atomic E-state index is 0.618. The fraction of sp³-hybridized carbons (Fsp3) is 0.144. The van der Waals surface area contributed by atoms with E-state index in [-0.39, 0.29) is 0 Å². The molecular weight excluding hydrogens is 1660 g/mol. The third kappa shape index (κ3) is 13.6. The summed E-state index contributed by atoms with van der Waals surface area (Å²) in [5, 5.41) is 11.7. The molecule has 0 aliphatic heterocycles. The Labute approximate surface area is 742 Å². The van der Waals surface area contributed by atoms with Gasteiger partial charge in [0.25, 0.3) is 6.33 Å². The van der Waals surface area contributed by atoms with Crippen molar-refractivity contribution >= 4 is 224 Å². The Hall–Kier alpha value is -13.3. The molecule has 25 aromatic rings. The number of aryl methyl sites for hydroxylation is 15. The van der Waals surface area contributed by atoms with Gasteiger partial charge in [0.15, 0.2) is 52.7 Å². The van der Waals surface area contributed by atoms with Crippen molar-refractivity contribution in [3.63, 3.8) is 0 Å². The van der Waals surface area contributed by atoms with Gasteiger partial charge in [-0.05, 0) is 212 Å². The minimum atomic E-state index is 0.618. The van der Waals surface area contributed by atoms with E-state index in [1.165, 1.54) is 131 Å². The highest BCUT2D eigenvalue weighted by Gasteiger charge is 2.29. The normalized spacial score (nSPS) is 11.8. The van der Waals surface area contributed by atoms with Crippen molar-refractivity contribution in [2.45, 2.75) is 69.2 Å². The van der Waals surface area contributed by atoms with Crippen molar-refractivity contribution in [3.05, 3.63) is 294 Å². The zero-order valence-corrected chi connectivity index (χ0v) is 76.4. The summed E-state index contributed by atoms with van der Waals surface area (Å²) in [5.41, 5.74) is 30.0. The van der Waals surface area contributed by atoms with Crippen LogP contribution in [0.15, 0.2) is 255 Å². The van der Waals surface area contributed by atoms with Gasteiger partial charge in [0.05, 0.1) is 94.0 Å². The van der Waals surface area contributed by atoms with E-state index in [0.29, 0.717) is 5.71 Å². The van der Waals surface area contributed by atoms with Crippen molar-refractivity contribution in [2.24, 2.45) is 35.2 Å². The van der Waals surface area contributed by atoms with Crippen LogP contribution in [-0.2, 0) is 35.2 Å². The summed E-state index contributed by atoms with van der Waals surface area (Å²) in [6.07, 6.45) is 12.0. The van der Waals surface area contributed by atoms with Crippen molar-refractivity contribution in [2.75, 3.05) is 0 Å². The van der Waals surface area contributed by atoms with Crippen LogP contribution in [0.5, 0.6) is 0 Å². The second-order valence-electron chi connectivity index (χ2n) is 32.4. The topological polar surface area (TPSA) is 149 Å². The van der Waals surface area contributed by atoms with E-state index in [1.807, 2.05) is 114 Å². The van der Waals surface area contributed by atoms with E-state index < -0.39 is 0 Å². The molecule has 610 valence electrons. The minimum Gasteiger partial charge on any atom is -0.454 e. The summed E-state index contributed by atoms with van der Waals surface area (Å²) in [6, 6.07) is 70.4. The van der Waals surface area contributed by atoms with Gasteiger partial charge < -0.3 is 17.7 Å². The molecule has 0 atom stereocenters. The highest BCUT2D eigenvalue weighted by Crippen LogP contribution is 2.51. The zero-order chi connectivity index (χ0) is 85.6. The monoisotopic (exact) mass is 1740 g/mol. The smallest absolute Gasteiger partial charge is 0.286 e. The second-order valence-corrected chi connectivity index (χ2v) is 38.5. The van der Waals surface area contributed by atoms with E-state index in [2.05, 4.69) is 303 Å². The molecule has 0 spiro atoms. The lowest BCUT2D eigenvalue weighted by Gasteiger charge is -2.06. The Bertz CT molecular complexity index is 7940. The Kier molecular flexibility index (Phi) is 19.7. The van der Waals surface area contributed by atoms with E-state index >= 15 is 0 Å². The summed E-state index contributed by atoms with van der Waals surface area (Å²) < 4.78 is 47.5. The van der Waals surface area contributed by atoms with Gasteiger partial charge in [-0.2, -0.15) is 0 Å². The number of rotatable bonds is 5. The number of pyridine rings is 9. The predicted molar refractivity (Wildman–Crippen MR) is 518 cm³/mol. The molecule has 0 saturated heterocycles. The van der Waals surface area contributed by atoms with Crippen LogP contribution in [0.25, 0.3) is 212 Å². The van der Waals surface area contributed by atoms with Crippen LogP contribution in [0, 0.1) is 69.2 Å². The van der Waals surface area contributed by atoms with Gasteiger partial charge >= 0.3 is 0 Å². The number of aromatic nitrogens is 11. The first-order valence-corrected chi connectivity index (χ1v) is 46.3. The molecular formula is C104H84N11O4S6+5. The van der Waals surface area contributed by atoms with Crippen LogP contribution in [-0.4, -0.2) is 29.9 Å². The Balaban J connectivity index is 0.0000000956. The summed E-state index contributed by atoms with van der Waals surface area (Å²) in [4.78, 5) is 30.6. The van der Waals surface area contributed by atoms with Crippen LogP contribution < -0.4 is 22.8 Å². The quantitative estimate of drug-likeness (QED) is 0.152. The summed E-state index contributed by atoms with van der Waals surface area (Å²) in [6.45, 7) is 20.9. The molecule has 20 aromatic heterocycles. The molecule has 20 heterocycles. The van der Waals surface area contributed by atoms with Gasteiger partial charge in [-0.3, -0.25) is 0 Å². The highest BCUT2D eigenvalue weighted by atomic mass is 32.1. The first-order valence-electron chi connectivity index (χ1n) is 41.4. The molecule has 0 fully saturated rings. The van der Waals surface area contributed by atoms with Crippen molar-refractivity contribution in [3.8, 4) is 56.3 Å². The standard InChI is InChI=1S/2C21H17N2OS.2C21H17N2S2.C20H16N3O2/c1-12-7-9-14-18-20(15-10-8-13(2)22-21(15)24-18)25-19(14)17(12)16-6-4-5-11-23(16)3;1-12-7-9-14-18(17(12)16-6-4-5-11-23(16)3)24-19-15-10-8-13(2)22-21(15)25-20(14)19;1-12-7-9-14-18(17(12)16-6-4-5-11-23(16)3)24-20-15-10-8-13(2)22-21(15)25-19(14)20;1-12-10-16-18(11-15(12)17-6-4-5-9-23(17)3)24-19-14-8-7-13(2)22-21(14)25-20(16)19;1-11-4-6-13-17(16(11)15-8-9-21-10-23(15)3)24-19-14-7-5-12(2)22-20(14)25-18(13)19/h4*4-11H,1-3H3;4-10H,1-3H3/q5*+1. The first-order chi connectivity index (χ1) is 60.6. The van der Waals surface area contributed by atoms with Gasteiger partial charge in [0, 0.05) is 120 Å². The molecule has 0 unspecified atom stereocenters. The number of nitrogens with zero attached hydrogens (tertiary/aromatic N) is 11. The average Bonchev–Trinajstić information content (AvgIpc) is 1.60. The van der Waals surface area contributed by atoms with E-state index in [1.54, 1.807) is 35.2 Å². The largest absolute Gasteiger partial charge is 0.454 e. The lowest BCUT2D eigenvalue weighted by Crippen LogP contribution is -2.31. The van der Waals surface area contributed by atoms with Gasteiger partial charge in [-0.15, -0.1) is 68.0 Å². The first kappa shape index (κ1) is 79.0. The van der Waals surface area contributed by atoms with Gasteiger partial charge in [0.1, 0.15) is 60.2 Å². The third-order valence-corrected chi connectivity index (χ3v) is 31.1. The predicted octanol–water partition coefficient (Wildman–Crippen LogP) is 26.4. The summed E-state index contributed by atoms with van der Waals surface area (Å²) >= 11 is 10.9. The maximum absolute atomic E-state index is 6.42. The molecule has 0 aliphatic rings. The molecule has 5 aromatic carbocycles. The third-order valence-electron chi connectivity index (χ3n) is 23.7. The Morgan fingerprint density at radius 3 is 1.19 bits per heavy atom. The van der Waals surface area contributed by atoms with Crippen molar-refractivity contribution < 1.29 is 40.5 Å². The van der Waals surface area contributed by atoms with Crippen molar-refractivity contribution in [1.29, 1.82) is 0 Å². The maximum Gasteiger partial charge on any atom is 0.286 e. The number of hydrogen-bond acceptors (Lipinski definition) is 16. The molecule has 21 heteroatoms. The van der Waals surface area contributed by atoms with Crippen LogP contribution in [0.4, 0.5) is 0 Å². The molecule has 125 heavy (non-hydrogen) atoms. The zero-order valence-electron chi connectivity index (χ0n) is 71.5. The Morgan fingerprint density at radius 2 is 0.624 bits per heavy atom. The summed E-state index contributed by atoms with van der Waals surface area (Å²) in [5.74, 6) is 0. The average molecular weight is 1740 g/mol. The van der Waals surface area contributed by atoms with Crippen molar-refractivity contribution in [1.82, 2.24) is 29.9 Å². The van der Waals surface area contributed by atoms with Gasteiger partial charge in [0.2, 0.25) is 34.2 Å². The van der Waals surface area contributed by atoms with E-state index in [4.69, 9.17) is 27.6 Å². The second kappa shape index (κ2) is 31.2. The fourth-order valence-electron chi connectivity index (χ4n) is 17.4. The molecule has 15 nitrogen and oxygen atoms in total. The molecule has 0 radical (unpaired) electrons. The number of benzene rings is 5. The Morgan fingerprint density at radius 1 is 0.248 bits per heavy atom. The molecule has 25 rings (SSSR count). The maximum atomic E-state index is 6.42. The number of fused-ring (bicyclic) bond motifs is 25.